The fourth-order valence-corrected chi connectivity index (χ4v) is 3.21. The van der Waals surface area contributed by atoms with E-state index < -0.39 is 0 Å². The first-order chi connectivity index (χ1) is 9.59. The molecule has 4 atom stereocenters. The lowest BCUT2D eigenvalue weighted by Crippen LogP contribution is -2.69. The van der Waals surface area contributed by atoms with Crippen LogP contribution in [-0.2, 0) is 4.74 Å². The van der Waals surface area contributed by atoms with Crippen LogP contribution in [0, 0.1) is 5.92 Å². The van der Waals surface area contributed by atoms with E-state index in [2.05, 4.69) is 10.3 Å². The van der Waals surface area contributed by atoms with E-state index in [1.54, 1.807) is 17.0 Å². The highest BCUT2D eigenvalue weighted by molar-refractivity contribution is 5.36. The quantitative estimate of drug-likeness (QED) is 0.852. The lowest BCUT2D eigenvalue weighted by Gasteiger charge is -2.52. The monoisotopic (exact) mass is 278 g/mol. The van der Waals surface area contributed by atoms with Gasteiger partial charge in [-0.15, -0.1) is 0 Å². The molecule has 1 saturated heterocycles. The minimum absolute atomic E-state index is 0.0106. The van der Waals surface area contributed by atoms with Crippen molar-refractivity contribution < 1.29 is 4.74 Å². The van der Waals surface area contributed by atoms with Gasteiger partial charge in [0.15, 0.2) is 5.82 Å². The first kappa shape index (κ1) is 13.6. The van der Waals surface area contributed by atoms with Gasteiger partial charge in [0, 0.05) is 37.0 Å². The maximum absolute atomic E-state index is 12.3. The summed E-state index contributed by atoms with van der Waals surface area (Å²) in [5.41, 5.74) is 6.09. The summed E-state index contributed by atoms with van der Waals surface area (Å²) in [5.74, 6) is 0.784. The summed E-state index contributed by atoms with van der Waals surface area (Å²) in [7, 11) is 0. The second-order valence-electron chi connectivity index (χ2n) is 5.97. The zero-order chi connectivity index (χ0) is 14.3. The molecule has 2 heterocycles. The molecule has 2 aliphatic rings. The smallest absolute Gasteiger partial charge is 0.293 e. The number of fused-ring (bicyclic) bond motifs is 1. The Morgan fingerprint density at radius 3 is 3.10 bits per heavy atom. The lowest BCUT2D eigenvalue weighted by molar-refractivity contribution is -0.104. The summed E-state index contributed by atoms with van der Waals surface area (Å²) in [4.78, 5) is 16.5. The third kappa shape index (κ3) is 2.13. The van der Waals surface area contributed by atoms with Crippen LogP contribution in [0.2, 0.25) is 0 Å². The van der Waals surface area contributed by atoms with Crippen molar-refractivity contribution >= 4 is 5.82 Å². The van der Waals surface area contributed by atoms with Crippen molar-refractivity contribution in [3.63, 3.8) is 0 Å². The maximum atomic E-state index is 12.3. The van der Waals surface area contributed by atoms with Crippen LogP contribution in [0.4, 0.5) is 5.82 Å². The van der Waals surface area contributed by atoms with Gasteiger partial charge in [0.25, 0.3) is 5.56 Å². The Balaban J connectivity index is 1.79. The van der Waals surface area contributed by atoms with Crippen molar-refractivity contribution in [2.75, 3.05) is 11.9 Å². The Morgan fingerprint density at radius 2 is 2.35 bits per heavy atom. The zero-order valence-electron chi connectivity index (χ0n) is 12.0. The topological polar surface area (TPSA) is 82.2 Å². The first-order valence-corrected chi connectivity index (χ1v) is 7.30. The molecule has 4 unspecified atom stereocenters. The van der Waals surface area contributed by atoms with E-state index in [1.165, 1.54) is 0 Å². The number of aromatic nitrogens is 2. The van der Waals surface area contributed by atoms with Crippen molar-refractivity contribution in [3.8, 4) is 0 Å². The number of ether oxygens (including phenoxy) is 1. The molecule has 1 aliphatic carbocycles. The molecule has 3 rings (SSSR count). The normalized spacial score (nSPS) is 32.6. The van der Waals surface area contributed by atoms with Gasteiger partial charge in [-0.3, -0.25) is 4.79 Å². The first-order valence-electron chi connectivity index (χ1n) is 7.30. The van der Waals surface area contributed by atoms with Gasteiger partial charge >= 0.3 is 0 Å². The van der Waals surface area contributed by atoms with Crippen LogP contribution in [0.25, 0.3) is 0 Å². The molecule has 0 amide bonds. The molecule has 20 heavy (non-hydrogen) atoms. The van der Waals surface area contributed by atoms with Crippen molar-refractivity contribution in [2.45, 2.75) is 50.9 Å². The summed E-state index contributed by atoms with van der Waals surface area (Å²) in [5, 5.41) is 3.20. The van der Waals surface area contributed by atoms with E-state index >= 15 is 0 Å². The molecule has 6 nitrogen and oxygen atoms in total. The molecule has 0 radical (unpaired) electrons. The van der Waals surface area contributed by atoms with Gasteiger partial charge < -0.3 is 20.4 Å². The Kier molecular flexibility index (Phi) is 3.52. The summed E-state index contributed by atoms with van der Waals surface area (Å²) in [6.07, 6.45) is 5.66. The van der Waals surface area contributed by atoms with Crippen molar-refractivity contribution in [1.82, 2.24) is 9.55 Å². The van der Waals surface area contributed by atoms with Crippen molar-refractivity contribution in [2.24, 2.45) is 11.7 Å². The summed E-state index contributed by atoms with van der Waals surface area (Å²) >= 11 is 0. The molecule has 3 N–H and O–H groups in total. The summed E-state index contributed by atoms with van der Waals surface area (Å²) in [6.45, 7) is 4.73. The van der Waals surface area contributed by atoms with E-state index in [4.69, 9.17) is 10.5 Å². The second-order valence-corrected chi connectivity index (χ2v) is 5.97. The van der Waals surface area contributed by atoms with Crippen LogP contribution in [0.1, 0.15) is 32.7 Å². The minimum atomic E-state index is -0.103. The summed E-state index contributed by atoms with van der Waals surface area (Å²) in [6, 6.07) is 0.137. The average Bonchev–Trinajstić information content (AvgIpc) is 2.45. The molecule has 0 aromatic carbocycles. The Hall–Kier alpha value is -1.40. The van der Waals surface area contributed by atoms with E-state index in [0.717, 1.165) is 19.4 Å². The second kappa shape index (κ2) is 5.18. The van der Waals surface area contributed by atoms with Gasteiger partial charge in [0.2, 0.25) is 0 Å². The molecule has 1 aromatic rings. The van der Waals surface area contributed by atoms with Crippen molar-refractivity contribution in [3.05, 3.63) is 22.7 Å². The number of hydrogen-bond donors (Lipinski definition) is 2. The molecule has 0 spiro atoms. The van der Waals surface area contributed by atoms with E-state index in [0.29, 0.717) is 11.7 Å². The predicted molar refractivity (Wildman–Crippen MR) is 76.7 cm³/mol. The van der Waals surface area contributed by atoms with E-state index in [9.17, 15) is 4.79 Å². The highest BCUT2D eigenvalue weighted by atomic mass is 16.5. The SMILES string of the molecule is CC(C)n1ccnc(NC2C(N)C3CCCOC32)c1=O. The third-order valence-corrected chi connectivity index (χ3v) is 4.40. The standard InChI is InChI=1S/C14H22N4O2/c1-8(2)18-6-5-16-13(14(18)19)17-11-10(15)9-4-3-7-20-12(9)11/h5-6,8-12H,3-4,7,15H2,1-2H3,(H,16,17). The predicted octanol–water partition coefficient (Wildman–Crippen LogP) is 0.741. The number of nitrogens with two attached hydrogens (primary N) is 1. The van der Waals surface area contributed by atoms with Crippen LogP contribution in [0.5, 0.6) is 0 Å². The molecule has 0 bridgehead atoms. The summed E-state index contributed by atoms with van der Waals surface area (Å²) < 4.78 is 7.44. The fraction of sp³-hybridized carbons (Fsp3) is 0.714. The number of rotatable bonds is 3. The van der Waals surface area contributed by atoms with Crippen LogP contribution >= 0.6 is 0 Å². The Morgan fingerprint density at radius 1 is 1.55 bits per heavy atom. The van der Waals surface area contributed by atoms with Gasteiger partial charge in [0.05, 0.1) is 12.1 Å². The van der Waals surface area contributed by atoms with Crippen LogP contribution in [0.15, 0.2) is 17.2 Å². The Labute approximate surface area is 118 Å². The van der Waals surface area contributed by atoms with E-state index in [-0.39, 0.29) is 29.8 Å². The van der Waals surface area contributed by atoms with Crippen molar-refractivity contribution in [1.29, 1.82) is 0 Å². The number of nitrogens with one attached hydrogen (secondary N) is 1. The minimum Gasteiger partial charge on any atom is -0.376 e. The third-order valence-electron chi connectivity index (χ3n) is 4.40. The number of nitrogens with zero attached hydrogens (tertiary/aromatic N) is 2. The zero-order valence-corrected chi connectivity index (χ0v) is 12.0. The van der Waals surface area contributed by atoms with Gasteiger partial charge in [0.1, 0.15) is 0 Å². The van der Waals surface area contributed by atoms with Gasteiger partial charge in [-0.1, -0.05) is 0 Å². The molecule has 1 aromatic heterocycles. The maximum Gasteiger partial charge on any atom is 0.293 e. The molecule has 2 fully saturated rings. The van der Waals surface area contributed by atoms with Crippen LogP contribution < -0.4 is 16.6 Å². The molecule has 110 valence electrons. The van der Waals surface area contributed by atoms with Gasteiger partial charge in [-0.25, -0.2) is 4.98 Å². The van der Waals surface area contributed by atoms with Crippen LogP contribution in [0.3, 0.4) is 0 Å². The highest BCUT2D eigenvalue weighted by Crippen LogP contribution is 2.38. The lowest BCUT2D eigenvalue weighted by atomic mass is 9.68. The number of anilines is 1. The molecule has 6 heteroatoms. The van der Waals surface area contributed by atoms with Gasteiger partial charge in [-0.05, 0) is 26.7 Å². The fourth-order valence-electron chi connectivity index (χ4n) is 3.21. The van der Waals surface area contributed by atoms with Crippen LogP contribution in [-0.4, -0.2) is 34.3 Å². The highest BCUT2D eigenvalue weighted by Gasteiger charge is 2.50. The molecular weight excluding hydrogens is 256 g/mol. The average molecular weight is 278 g/mol. The Bertz CT molecular complexity index is 542. The molecule has 1 aliphatic heterocycles. The molecule has 1 saturated carbocycles. The number of hydrogen-bond acceptors (Lipinski definition) is 5. The van der Waals surface area contributed by atoms with E-state index in [1.807, 2.05) is 13.8 Å². The van der Waals surface area contributed by atoms with Gasteiger partial charge in [-0.2, -0.15) is 0 Å². The largest absolute Gasteiger partial charge is 0.376 e. The molecular formula is C14H22N4O2.